The van der Waals surface area contributed by atoms with Crippen LogP contribution in [0.3, 0.4) is 0 Å². The zero-order chi connectivity index (χ0) is 32.9. The van der Waals surface area contributed by atoms with E-state index in [0.717, 1.165) is 0 Å². The molecule has 1 aliphatic rings. The van der Waals surface area contributed by atoms with Crippen LogP contribution in [0.1, 0.15) is 48.8 Å². The summed E-state index contributed by atoms with van der Waals surface area (Å²) in [6.45, 7) is 5.38. The minimum Gasteiger partial charge on any atom is -0.495 e. The van der Waals surface area contributed by atoms with E-state index in [9.17, 15) is 22.8 Å². The van der Waals surface area contributed by atoms with Crippen molar-refractivity contribution in [3.05, 3.63) is 59.4 Å². The van der Waals surface area contributed by atoms with E-state index in [1.165, 1.54) is 29.7 Å². The van der Waals surface area contributed by atoms with Gasteiger partial charge in [0.25, 0.3) is 5.91 Å². The van der Waals surface area contributed by atoms with Gasteiger partial charge < -0.3 is 34.7 Å². The fourth-order valence-corrected chi connectivity index (χ4v) is 5.01. The number of likely N-dealkylation sites (tertiary alicyclic amines) is 1. The number of benzene rings is 1. The normalized spacial score (nSPS) is 16.9. The maximum absolute atomic E-state index is 15.2. The number of pyridine rings is 1. The van der Waals surface area contributed by atoms with E-state index in [-0.39, 0.29) is 43.2 Å². The van der Waals surface area contributed by atoms with Crippen LogP contribution in [0.5, 0.6) is 5.75 Å². The molecule has 13 heteroatoms. The number of nitrogens with one attached hydrogen (secondary N) is 3. The molecule has 3 aromatic rings. The van der Waals surface area contributed by atoms with Crippen molar-refractivity contribution in [3.63, 3.8) is 0 Å². The van der Waals surface area contributed by atoms with Gasteiger partial charge in [0, 0.05) is 36.6 Å². The third-order valence-electron chi connectivity index (χ3n) is 7.10. The highest BCUT2D eigenvalue weighted by Gasteiger charge is 2.35. The molecule has 0 unspecified atom stereocenters. The molecule has 0 bridgehead atoms. The van der Waals surface area contributed by atoms with Crippen molar-refractivity contribution in [2.45, 2.75) is 57.6 Å². The fourth-order valence-electron chi connectivity index (χ4n) is 5.01. The Morgan fingerprint density at radius 1 is 1.11 bits per heavy atom. The number of carbonyl (C=O) groups is 2. The SMILES string of the molecule is CNC(=O)c1ccc(NCC#Cc2cc3c(N[C@@H]4CCN(C(=O)OC(C)(C)C)C[C@@H]4F)cccn3c2CC(F)(F)F)c(OC)c1. The Bertz CT molecular complexity index is 1600. The van der Waals surface area contributed by atoms with Gasteiger partial charge in [-0.25, -0.2) is 9.18 Å². The molecule has 242 valence electrons. The molecule has 0 spiro atoms. The van der Waals surface area contributed by atoms with Gasteiger partial charge in [0.15, 0.2) is 0 Å². The number of nitrogens with zero attached hydrogens (tertiary/aromatic N) is 2. The third-order valence-corrected chi connectivity index (χ3v) is 7.10. The summed E-state index contributed by atoms with van der Waals surface area (Å²) in [6.07, 6.45) is -5.93. The molecule has 1 aliphatic heterocycles. The van der Waals surface area contributed by atoms with Crippen LogP contribution in [0.2, 0.25) is 0 Å². The summed E-state index contributed by atoms with van der Waals surface area (Å²) >= 11 is 0. The van der Waals surface area contributed by atoms with Crippen LogP contribution >= 0.6 is 0 Å². The second kappa shape index (κ2) is 13.6. The minimum atomic E-state index is -4.50. The number of piperidine rings is 1. The summed E-state index contributed by atoms with van der Waals surface area (Å²) in [5.74, 6) is 5.85. The van der Waals surface area contributed by atoms with Crippen LogP contribution in [0, 0.1) is 11.8 Å². The van der Waals surface area contributed by atoms with Crippen molar-refractivity contribution in [2.75, 3.05) is 44.4 Å². The third kappa shape index (κ3) is 8.53. The van der Waals surface area contributed by atoms with Crippen LogP contribution in [0.25, 0.3) is 5.52 Å². The Labute approximate surface area is 259 Å². The molecule has 9 nitrogen and oxygen atoms in total. The molecule has 2 amide bonds. The molecule has 1 saturated heterocycles. The van der Waals surface area contributed by atoms with E-state index >= 15 is 4.39 Å². The van der Waals surface area contributed by atoms with Gasteiger partial charge in [0.05, 0.1) is 49.6 Å². The van der Waals surface area contributed by atoms with Gasteiger partial charge >= 0.3 is 12.3 Å². The number of carbonyl (C=O) groups excluding carboxylic acids is 2. The van der Waals surface area contributed by atoms with Crippen LogP contribution in [0.15, 0.2) is 42.6 Å². The van der Waals surface area contributed by atoms with Gasteiger partial charge in [-0.15, -0.1) is 0 Å². The van der Waals surface area contributed by atoms with E-state index < -0.39 is 36.5 Å². The average Bonchev–Trinajstić information content (AvgIpc) is 3.31. The molecule has 3 heterocycles. The van der Waals surface area contributed by atoms with Crippen LogP contribution in [-0.2, 0) is 11.2 Å². The molecule has 45 heavy (non-hydrogen) atoms. The lowest BCUT2D eigenvalue weighted by molar-refractivity contribution is -0.128. The van der Waals surface area contributed by atoms with E-state index in [1.807, 2.05) is 0 Å². The number of rotatable bonds is 7. The first-order chi connectivity index (χ1) is 21.2. The second-order valence-corrected chi connectivity index (χ2v) is 11.6. The van der Waals surface area contributed by atoms with E-state index in [0.29, 0.717) is 28.2 Å². The zero-order valence-corrected chi connectivity index (χ0v) is 25.8. The molecule has 0 saturated carbocycles. The number of methoxy groups -OCH3 is 1. The number of ether oxygens (including phenoxy) is 2. The van der Waals surface area contributed by atoms with Crippen molar-refractivity contribution >= 4 is 28.9 Å². The number of hydrogen-bond acceptors (Lipinski definition) is 6. The highest BCUT2D eigenvalue weighted by molar-refractivity contribution is 5.95. The smallest absolute Gasteiger partial charge is 0.410 e. The molecule has 4 rings (SSSR count). The number of amides is 2. The Kier molecular flexibility index (Phi) is 10.1. The van der Waals surface area contributed by atoms with Crippen LogP contribution < -0.4 is 20.7 Å². The Hall–Kier alpha value is -4.60. The first-order valence-corrected chi connectivity index (χ1v) is 14.4. The first kappa shape index (κ1) is 33.3. The monoisotopic (exact) mass is 631 g/mol. The zero-order valence-electron chi connectivity index (χ0n) is 25.8. The second-order valence-electron chi connectivity index (χ2n) is 11.6. The quantitative estimate of drug-likeness (QED) is 0.231. The highest BCUT2D eigenvalue weighted by Crippen LogP contribution is 2.31. The number of fused-ring (bicyclic) bond motifs is 1. The molecule has 2 aromatic heterocycles. The molecule has 0 radical (unpaired) electrons. The maximum Gasteiger partial charge on any atom is 0.410 e. The first-order valence-electron chi connectivity index (χ1n) is 14.4. The van der Waals surface area contributed by atoms with Gasteiger partial charge in [-0.3, -0.25) is 4.79 Å². The standard InChI is InChI=1S/C32H37F4N5O4/c1-31(2,3)45-30(43)40-15-12-23(22(33)19-40)39-24-9-7-14-41-26(24)16-20(27(41)18-32(34,35)36)8-6-13-38-25-11-10-21(29(42)37-4)17-28(25)44-5/h7,9-11,14,16-17,22-23,38-39H,12-13,15,18-19H2,1-5H3,(H,37,42)/t22-,23+/m0/s1. The van der Waals surface area contributed by atoms with E-state index in [4.69, 9.17) is 9.47 Å². The van der Waals surface area contributed by atoms with Crippen molar-refractivity contribution in [1.82, 2.24) is 14.6 Å². The Morgan fingerprint density at radius 3 is 2.51 bits per heavy atom. The Balaban J connectivity index is 1.54. The van der Waals surface area contributed by atoms with Crippen LogP contribution in [0.4, 0.5) is 33.7 Å². The molecule has 1 aromatic carbocycles. The van der Waals surface area contributed by atoms with Crippen LogP contribution in [-0.4, -0.2) is 79.1 Å². The number of anilines is 2. The largest absolute Gasteiger partial charge is 0.495 e. The predicted molar refractivity (Wildman–Crippen MR) is 164 cm³/mol. The van der Waals surface area contributed by atoms with Gasteiger partial charge in [-0.05, 0) is 63.6 Å². The van der Waals surface area contributed by atoms with E-state index in [2.05, 4.69) is 27.8 Å². The fraction of sp³-hybridized carbons (Fsp3) is 0.438. The van der Waals surface area contributed by atoms with Crippen molar-refractivity contribution in [3.8, 4) is 17.6 Å². The summed E-state index contributed by atoms with van der Waals surface area (Å²) in [5, 5.41) is 8.74. The van der Waals surface area contributed by atoms with Gasteiger partial charge in [-0.2, -0.15) is 13.2 Å². The number of hydrogen-bond donors (Lipinski definition) is 3. The lowest BCUT2D eigenvalue weighted by Gasteiger charge is -2.36. The molecular formula is C32H37F4N5O4. The Morgan fingerprint density at radius 2 is 1.87 bits per heavy atom. The van der Waals surface area contributed by atoms with Crippen molar-refractivity contribution in [2.24, 2.45) is 0 Å². The summed E-state index contributed by atoms with van der Waals surface area (Å²) in [6, 6.07) is 8.98. The summed E-state index contributed by atoms with van der Waals surface area (Å²) in [5.41, 5.74) is 1.26. The lowest BCUT2D eigenvalue weighted by Crippen LogP contribution is -2.51. The summed E-state index contributed by atoms with van der Waals surface area (Å²) < 4.78 is 68.3. The average molecular weight is 632 g/mol. The van der Waals surface area contributed by atoms with Crippen molar-refractivity contribution < 1.29 is 36.6 Å². The summed E-state index contributed by atoms with van der Waals surface area (Å²) in [4.78, 5) is 25.6. The number of alkyl halides is 4. The van der Waals surface area contributed by atoms with Gasteiger partial charge in [0.1, 0.15) is 17.5 Å². The molecule has 0 aliphatic carbocycles. The molecule has 2 atom stereocenters. The van der Waals surface area contributed by atoms with Gasteiger partial charge in [-0.1, -0.05) is 11.8 Å². The van der Waals surface area contributed by atoms with Gasteiger partial charge in [0.2, 0.25) is 0 Å². The minimum absolute atomic E-state index is 0.0438. The topological polar surface area (TPSA) is 96.3 Å². The molecule has 1 fully saturated rings. The number of aromatic nitrogens is 1. The van der Waals surface area contributed by atoms with E-state index in [1.54, 1.807) is 57.2 Å². The maximum atomic E-state index is 15.2. The number of halogens is 4. The predicted octanol–water partition coefficient (Wildman–Crippen LogP) is 5.64. The highest BCUT2D eigenvalue weighted by atomic mass is 19.4. The lowest BCUT2D eigenvalue weighted by atomic mass is 10.0. The molecular weight excluding hydrogens is 594 g/mol. The molecule has 3 N–H and O–H groups in total. The summed E-state index contributed by atoms with van der Waals surface area (Å²) in [7, 11) is 2.97. The van der Waals surface area contributed by atoms with Crippen molar-refractivity contribution in [1.29, 1.82) is 0 Å².